The molecule has 1 aromatic heterocycles. The van der Waals surface area contributed by atoms with E-state index in [1.165, 1.54) is 20.5 Å². The summed E-state index contributed by atoms with van der Waals surface area (Å²) in [7, 11) is -0.144. The average Bonchev–Trinajstić information content (AvgIpc) is 2.75. The van der Waals surface area contributed by atoms with Crippen LogP contribution in [0.15, 0.2) is 36.7 Å². The predicted molar refractivity (Wildman–Crippen MR) is 120 cm³/mol. The SMILES string of the molecule is COP(=O)(CN1CCN(CCNc2cc(Nc3cccc(Cl)c3)ncn2)CC1)OC. The van der Waals surface area contributed by atoms with E-state index in [0.29, 0.717) is 17.1 Å². The van der Waals surface area contributed by atoms with Gasteiger partial charge >= 0.3 is 7.60 Å². The fourth-order valence-electron chi connectivity index (χ4n) is 3.17. The zero-order chi connectivity index (χ0) is 21.4. The highest BCUT2D eigenvalue weighted by Crippen LogP contribution is 2.46. The molecule has 2 aromatic rings. The monoisotopic (exact) mass is 454 g/mol. The Morgan fingerprint density at radius 3 is 2.47 bits per heavy atom. The van der Waals surface area contributed by atoms with Gasteiger partial charge in [0.25, 0.3) is 0 Å². The molecular formula is C19H28ClN6O3P. The number of nitrogens with zero attached hydrogens (tertiary/aromatic N) is 4. The van der Waals surface area contributed by atoms with Crippen molar-refractivity contribution >= 4 is 36.5 Å². The molecule has 0 bridgehead atoms. The van der Waals surface area contributed by atoms with Crippen LogP contribution >= 0.6 is 19.2 Å². The van der Waals surface area contributed by atoms with Gasteiger partial charge < -0.3 is 19.7 Å². The third-order valence-electron chi connectivity index (χ3n) is 4.89. The minimum atomic E-state index is -3.00. The van der Waals surface area contributed by atoms with Crippen LogP contribution in [0, 0.1) is 0 Å². The largest absolute Gasteiger partial charge is 0.369 e. The Labute approximate surface area is 182 Å². The van der Waals surface area contributed by atoms with E-state index in [1.807, 2.05) is 30.3 Å². The summed E-state index contributed by atoms with van der Waals surface area (Å²) in [5.74, 6) is 1.46. The van der Waals surface area contributed by atoms with E-state index in [1.54, 1.807) is 0 Å². The minimum absolute atomic E-state index is 0.329. The number of aromatic nitrogens is 2. The van der Waals surface area contributed by atoms with E-state index in [-0.39, 0.29) is 0 Å². The summed E-state index contributed by atoms with van der Waals surface area (Å²) in [6.45, 7) is 5.13. The van der Waals surface area contributed by atoms with E-state index in [2.05, 4.69) is 30.4 Å². The van der Waals surface area contributed by atoms with Gasteiger partial charge in [0.15, 0.2) is 0 Å². The lowest BCUT2D eigenvalue weighted by Gasteiger charge is -2.35. The van der Waals surface area contributed by atoms with Gasteiger partial charge in [0.2, 0.25) is 0 Å². The van der Waals surface area contributed by atoms with Gasteiger partial charge in [0.1, 0.15) is 24.2 Å². The maximum absolute atomic E-state index is 12.3. The molecule has 0 atom stereocenters. The molecule has 1 aliphatic heterocycles. The molecule has 0 saturated carbocycles. The van der Waals surface area contributed by atoms with E-state index >= 15 is 0 Å². The van der Waals surface area contributed by atoms with Crippen molar-refractivity contribution < 1.29 is 13.6 Å². The van der Waals surface area contributed by atoms with Gasteiger partial charge in [-0.05, 0) is 18.2 Å². The van der Waals surface area contributed by atoms with E-state index in [9.17, 15) is 4.57 Å². The zero-order valence-electron chi connectivity index (χ0n) is 17.3. The second kappa shape index (κ2) is 11.0. The van der Waals surface area contributed by atoms with Gasteiger partial charge in [0.05, 0.1) is 0 Å². The third-order valence-corrected chi connectivity index (χ3v) is 6.99. The molecule has 1 aromatic carbocycles. The van der Waals surface area contributed by atoms with Crippen LogP contribution in [0.3, 0.4) is 0 Å². The molecule has 1 aliphatic rings. The first-order valence-corrected chi connectivity index (χ1v) is 11.8. The molecular weight excluding hydrogens is 427 g/mol. The van der Waals surface area contributed by atoms with E-state index < -0.39 is 7.60 Å². The van der Waals surface area contributed by atoms with Gasteiger partial charge in [-0.2, -0.15) is 0 Å². The highest BCUT2D eigenvalue weighted by atomic mass is 35.5. The van der Waals surface area contributed by atoms with Crippen LogP contribution in [0.25, 0.3) is 0 Å². The normalized spacial score (nSPS) is 15.8. The van der Waals surface area contributed by atoms with Crippen LogP contribution in [0.1, 0.15) is 0 Å². The average molecular weight is 455 g/mol. The Kier molecular flexibility index (Phi) is 8.44. The molecule has 0 unspecified atom stereocenters. The Bertz CT molecular complexity index is 858. The first-order chi connectivity index (χ1) is 14.5. The second-order valence-corrected chi connectivity index (χ2v) is 9.60. The van der Waals surface area contributed by atoms with Crippen molar-refractivity contribution in [3.05, 3.63) is 41.7 Å². The van der Waals surface area contributed by atoms with E-state index in [4.69, 9.17) is 20.6 Å². The molecule has 3 rings (SSSR count). The Balaban J connectivity index is 1.41. The summed E-state index contributed by atoms with van der Waals surface area (Å²) in [4.78, 5) is 13.0. The number of hydrogen-bond acceptors (Lipinski definition) is 9. The van der Waals surface area contributed by atoms with Crippen LogP contribution < -0.4 is 10.6 Å². The fourth-order valence-corrected chi connectivity index (χ4v) is 4.51. The van der Waals surface area contributed by atoms with Crippen molar-refractivity contribution in [1.82, 2.24) is 19.8 Å². The summed E-state index contributed by atoms with van der Waals surface area (Å²) >= 11 is 6.02. The minimum Gasteiger partial charge on any atom is -0.369 e. The standard InChI is InChI=1S/C19H28ClN6O3P/c1-28-30(27,29-2)15-26-10-8-25(9-11-26)7-6-21-18-13-19(23-14-22-18)24-17-5-3-4-16(20)12-17/h3-5,12-14H,6-11,15H2,1-2H3,(H2,21,22,23,24). The number of hydrogen-bond donors (Lipinski definition) is 2. The lowest BCUT2D eigenvalue weighted by molar-refractivity contribution is 0.141. The topological polar surface area (TPSA) is 91.9 Å². The van der Waals surface area contributed by atoms with Crippen molar-refractivity contribution in [3.8, 4) is 0 Å². The third kappa shape index (κ3) is 6.91. The lowest BCUT2D eigenvalue weighted by Crippen LogP contribution is -2.47. The van der Waals surface area contributed by atoms with Crippen LogP contribution in [0.2, 0.25) is 5.02 Å². The Hall–Kier alpha value is -1.74. The summed E-state index contributed by atoms with van der Waals surface area (Å²) in [5, 5.41) is 7.23. The number of halogens is 1. The maximum atomic E-state index is 12.3. The molecule has 9 nitrogen and oxygen atoms in total. The molecule has 1 saturated heterocycles. The second-order valence-electron chi connectivity index (χ2n) is 6.93. The molecule has 164 valence electrons. The molecule has 0 aliphatic carbocycles. The molecule has 0 radical (unpaired) electrons. The van der Waals surface area contributed by atoms with Crippen LogP contribution in [0.4, 0.5) is 17.3 Å². The van der Waals surface area contributed by atoms with Gasteiger partial charge in [-0.1, -0.05) is 17.7 Å². The quantitative estimate of drug-likeness (QED) is 0.524. The molecule has 0 spiro atoms. The highest BCUT2D eigenvalue weighted by molar-refractivity contribution is 7.53. The first kappa shape index (κ1) is 22.9. The molecule has 0 amide bonds. The van der Waals surface area contributed by atoms with Crippen LogP contribution in [-0.2, 0) is 13.6 Å². The smallest absolute Gasteiger partial charge is 0.344 e. The van der Waals surface area contributed by atoms with Gasteiger partial charge in [0, 0.05) is 70.3 Å². The van der Waals surface area contributed by atoms with Crippen LogP contribution in [0.5, 0.6) is 0 Å². The highest BCUT2D eigenvalue weighted by Gasteiger charge is 2.27. The van der Waals surface area contributed by atoms with Crippen molar-refractivity contribution in [3.63, 3.8) is 0 Å². The number of anilines is 3. The zero-order valence-corrected chi connectivity index (χ0v) is 18.9. The van der Waals surface area contributed by atoms with Gasteiger partial charge in [-0.3, -0.25) is 14.4 Å². The van der Waals surface area contributed by atoms with Crippen LogP contribution in [-0.4, -0.2) is 79.5 Å². The van der Waals surface area contributed by atoms with Gasteiger partial charge in [-0.15, -0.1) is 0 Å². The predicted octanol–water partition coefficient (Wildman–Crippen LogP) is 3.35. The van der Waals surface area contributed by atoms with E-state index in [0.717, 1.165) is 50.8 Å². The summed E-state index contributed by atoms with van der Waals surface area (Å²) in [6.07, 6.45) is 1.85. The number of piperazine rings is 1. The van der Waals surface area contributed by atoms with Gasteiger partial charge in [-0.25, -0.2) is 9.97 Å². The maximum Gasteiger partial charge on any atom is 0.344 e. The van der Waals surface area contributed by atoms with Crippen molar-refractivity contribution in [2.45, 2.75) is 0 Å². The fraction of sp³-hybridized carbons (Fsp3) is 0.474. The molecule has 2 heterocycles. The summed E-state index contributed by atoms with van der Waals surface area (Å²) < 4.78 is 22.3. The molecule has 30 heavy (non-hydrogen) atoms. The summed E-state index contributed by atoms with van der Waals surface area (Å²) in [6, 6.07) is 9.35. The van der Waals surface area contributed by atoms with Crippen molar-refractivity contribution in [2.24, 2.45) is 0 Å². The van der Waals surface area contributed by atoms with Crippen molar-refractivity contribution in [1.29, 1.82) is 0 Å². The number of nitrogens with one attached hydrogen (secondary N) is 2. The Morgan fingerprint density at radius 1 is 1.07 bits per heavy atom. The molecule has 1 fully saturated rings. The molecule has 11 heteroatoms. The Morgan fingerprint density at radius 2 is 1.77 bits per heavy atom. The number of rotatable bonds is 10. The lowest BCUT2D eigenvalue weighted by atomic mass is 10.3. The molecule has 2 N–H and O–H groups in total. The van der Waals surface area contributed by atoms with Crippen molar-refractivity contribution in [2.75, 3.05) is 70.4 Å². The first-order valence-electron chi connectivity index (χ1n) is 9.73. The summed E-state index contributed by atoms with van der Waals surface area (Å²) in [5.41, 5.74) is 0.872. The number of benzene rings is 1.